The number of pyridine rings is 3. The molecule has 0 amide bonds. The molecule has 0 bridgehead atoms. The van der Waals surface area contributed by atoms with E-state index in [4.69, 9.17) is 15.0 Å². The summed E-state index contributed by atoms with van der Waals surface area (Å²) in [5, 5.41) is 0. The number of nitrogens with zero attached hydrogens (tertiary/aromatic N) is 3. The van der Waals surface area contributed by atoms with Crippen molar-refractivity contribution in [2.24, 2.45) is 0 Å². The van der Waals surface area contributed by atoms with Crippen LogP contribution >= 0.6 is 0 Å². The third kappa shape index (κ3) is 4.95. The zero-order valence-electron chi connectivity index (χ0n) is 28.2. The van der Waals surface area contributed by atoms with E-state index in [1.165, 1.54) is 38.9 Å². The Morgan fingerprint density at radius 3 is 1.00 bits per heavy atom. The van der Waals surface area contributed by atoms with Crippen molar-refractivity contribution in [3.8, 4) is 44.9 Å². The van der Waals surface area contributed by atoms with E-state index in [1.54, 1.807) is 0 Å². The highest BCUT2D eigenvalue weighted by Gasteiger charge is 2.43. The molecule has 46 heavy (non-hydrogen) atoms. The third-order valence-corrected chi connectivity index (χ3v) is 9.93. The Balaban J connectivity index is 1.52. The van der Waals surface area contributed by atoms with Gasteiger partial charge in [0.1, 0.15) is 0 Å². The van der Waals surface area contributed by atoms with Crippen LogP contribution in [0.4, 0.5) is 0 Å². The zero-order valence-corrected chi connectivity index (χ0v) is 28.2. The van der Waals surface area contributed by atoms with Crippen molar-refractivity contribution in [3.63, 3.8) is 0 Å². The van der Waals surface area contributed by atoms with E-state index in [1.807, 2.05) is 18.6 Å². The molecule has 3 aromatic carbocycles. The van der Waals surface area contributed by atoms with Crippen LogP contribution in [-0.2, 0) is 10.8 Å². The summed E-state index contributed by atoms with van der Waals surface area (Å²) in [6.07, 6.45) is 5.89. The van der Waals surface area contributed by atoms with Gasteiger partial charge in [0.2, 0.25) is 0 Å². The average molecular weight is 600 g/mol. The molecule has 0 fully saturated rings. The first-order valence-corrected chi connectivity index (χ1v) is 16.2. The molecule has 0 saturated heterocycles. The minimum absolute atomic E-state index is 0.266. The smallest absolute Gasteiger partial charge is 0.0709 e. The third-order valence-electron chi connectivity index (χ3n) is 9.93. The Labute approximate surface area is 273 Å². The molecule has 1 aliphatic carbocycles. The van der Waals surface area contributed by atoms with E-state index >= 15 is 0 Å². The van der Waals surface area contributed by atoms with E-state index in [-0.39, 0.29) is 10.8 Å². The number of fused-ring (bicyclic) bond motifs is 2. The maximum atomic E-state index is 4.93. The lowest BCUT2D eigenvalue weighted by Gasteiger charge is -2.45. The van der Waals surface area contributed by atoms with Crippen LogP contribution in [-0.4, -0.2) is 15.0 Å². The van der Waals surface area contributed by atoms with Gasteiger partial charge in [0, 0.05) is 46.1 Å². The Morgan fingerprint density at radius 1 is 0.370 bits per heavy atom. The Morgan fingerprint density at radius 2 is 0.674 bits per heavy atom. The van der Waals surface area contributed by atoms with Crippen molar-refractivity contribution in [3.05, 3.63) is 148 Å². The molecular formula is C43H41N3. The second-order valence-electron chi connectivity index (χ2n) is 14.2. The number of aromatic nitrogens is 3. The summed E-state index contributed by atoms with van der Waals surface area (Å²) in [5.74, 6) is 0. The van der Waals surface area contributed by atoms with Gasteiger partial charge in [-0.05, 0) is 120 Å². The van der Waals surface area contributed by atoms with Crippen molar-refractivity contribution < 1.29 is 0 Å². The fourth-order valence-electron chi connectivity index (χ4n) is 7.05. The van der Waals surface area contributed by atoms with E-state index in [9.17, 15) is 0 Å². The molecule has 0 unspecified atom stereocenters. The van der Waals surface area contributed by atoms with E-state index < -0.39 is 0 Å². The van der Waals surface area contributed by atoms with Crippen LogP contribution in [0.5, 0.6) is 0 Å². The molecule has 3 heterocycles. The number of aryl methyl sites for hydroxylation is 4. The van der Waals surface area contributed by atoms with Crippen molar-refractivity contribution >= 4 is 0 Å². The molecule has 3 nitrogen and oxygen atoms in total. The van der Waals surface area contributed by atoms with Crippen molar-refractivity contribution in [1.82, 2.24) is 15.0 Å². The van der Waals surface area contributed by atoms with Crippen LogP contribution in [0.1, 0.15) is 72.2 Å². The second-order valence-corrected chi connectivity index (χ2v) is 14.2. The monoisotopic (exact) mass is 599 g/mol. The van der Waals surface area contributed by atoms with Gasteiger partial charge < -0.3 is 0 Å². The SMILES string of the molecule is Cc1ccc(-c2cc3c(cc2-c2ccc(C)cn2)C(C)(C)c2cc(-c4ccc(C)cn4)c(-c4ccc(C)cn4)cc2C3(C)C)cc1. The first-order valence-electron chi connectivity index (χ1n) is 16.2. The molecule has 3 heteroatoms. The minimum atomic E-state index is -0.274. The van der Waals surface area contributed by atoms with Gasteiger partial charge in [0.15, 0.2) is 0 Å². The van der Waals surface area contributed by atoms with Gasteiger partial charge in [0.05, 0.1) is 17.1 Å². The molecule has 0 atom stereocenters. The highest BCUT2D eigenvalue weighted by Crippen LogP contribution is 2.54. The maximum Gasteiger partial charge on any atom is 0.0709 e. The summed E-state index contributed by atoms with van der Waals surface area (Å²) in [6, 6.07) is 31.4. The fourth-order valence-corrected chi connectivity index (χ4v) is 7.05. The highest BCUT2D eigenvalue weighted by atomic mass is 14.7. The van der Waals surface area contributed by atoms with Crippen LogP contribution in [0.25, 0.3) is 44.9 Å². The van der Waals surface area contributed by atoms with Gasteiger partial charge in [-0.25, -0.2) is 0 Å². The predicted molar refractivity (Wildman–Crippen MR) is 191 cm³/mol. The molecule has 0 aliphatic heterocycles. The summed E-state index contributed by atoms with van der Waals surface area (Å²) in [6.45, 7) is 17.9. The molecule has 6 aromatic rings. The average Bonchev–Trinajstić information content (AvgIpc) is 3.04. The minimum Gasteiger partial charge on any atom is -0.256 e. The number of hydrogen-bond acceptors (Lipinski definition) is 3. The van der Waals surface area contributed by atoms with Crippen molar-refractivity contribution in [2.45, 2.75) is 66.2 Å². The largest absolute Gasteiger partial charge is 0.256 e. The molecule has 0 radical (unpaired) electrons. The Kier molecular flexibility index (Phi) is 7.05. The standard InChI is InChI=1S/C43H41N3/c1-26-9-14-30(15-10-26)31-19-35-36(20-32(31)39-16-11-27(2)23-44-39)43(7,8)38-22-34(41-18-13-29(4)25-46-41)33(21-37(38)42(35,5)6)40-17-12-28(3)24-45-40/h9-25H,1-8H3. The lowest BCUT2D eigenvalue weighted by Crippen LogP contribution is -2.37. The number of hydrogen-bond donors (Lipinski definition) is 0. The topological polar surface area (TPSA) is 38.7 Å². The van der Waals surface area contributed by atoms with Crippen LogP contribution in [0, 0.1) is 27.7 Å². The molecule has 0 N–H and O–H groups in total. The van der Waals surface area contributed by atoms with Gasteiger partial charge in [-0.15, -0.1) is 0 Å². The van der Waals surface area contributed by atoms with E-state index in [2.05, 4.69) is 140 Å². The molecule has 0 saturated carbocycles. The quantitative estimate of drug-likeness (QED) is 0.202. The molecule has 7 rings (SSSR count). The normalized spacial score (nSPS) is 14.4. The maximum absolute atomic E-state index is 4.93. The lowest BCUT2D eigenvalue weighted by molar-refractivity contribution is 0.521. The molecule has 1 aliphatic rings. The van der Waals surface area contributed by atoms with Gasteiger partial charge in [-0.2, -0.15) is 0 Å². The second kappa shape index (κ2) is 10.9. The van der Waals surface area contributed by atoms with Crippen molar-refractivity contribution in [2.75, 3.05) is 0 Å². The molecule has 228 valence electrons. The summed E-state index contributed by atoms with van der Waals surface area (Å²) in [5.41, 5.74) is 18.2. The zero-order chi connectivity index (χ0) is 32.4. The van der Waals surface area contributed by atoms with Crippen molar-refractivity contribution in [1.29, 1.82) is 0 Å². The molecule has 0 spiro atoms. The Bertz CT molecular complexity index is 1780. The highest BCUT2D eigenvalue weighted by molar-refractivity contribution is 5.87. The summed E-state index contributed by atoms with van der Waals surface area (Å²) in [4.78, 5) is 14.7. The predicted octanol–water partition coefficient (Wildman–Crippen LogP) is 10.7. The van der Waals surface area contributed by atoms with Gasteiger partial charge in [0.25, 0.3) is 0 Å². The van der Waals surface area contributed by atoms with E-state index in [0.29, 0.717) is 0 Å². The van der Waals surface area contributed by atoms with Gasteiger partial charge >= 0.3 is 0 Å². The van der Waals surface area contributed by atoms with E-state index in [0.717, 1.165) is 50.5 Å². The summed E-state index contributed by atoms with van der Waals surface area (Å²) < 4.78 is 0. The molecule has 3 aromatic heterocycles. The fraction of sp³-hybridized carbons (Fsp3) is 0.233. The van der Waals surface area contributed by atoms with Crippen LogP contribution in [0.3, 0.4) is 0 Å². The summed E-state index contributed by atoms with van der Waals surface area (Å²) >= 11 is 0. The van der Waals surface area contributed by atoms with Crippen LogP contribution in [0.2, 0.25) is 0 Å². The molecular weight excluding hydrogens is 558 g/mol. The number of rotatable bonds is 4. The van der Waals surface area contributed by atoms with Crippen LogP contribution < -0.4 is 0 Å². The summed E-state index contributed by atoms with van der Waals surface area (Å²) in [7, 11) is 0. The first-order chi connectivity index (χ1) is 21.9. The van der Waals surface area contributed by atoms with Gasteiger partial charge in [-0.3, -0.25) is 15.0 Å². The Hall–Kier alpha value is -4.89. The first kappa shape index (κ1) is 29.8. The lowest BCUT2D eigenvalue weighted by atomic mass is 9.58. The number of benzene rings is 3. The van der Waals surface area contributed by atoms with Crippen LogP contribution in [0.15, 0.2) is 104 Å². The van der Waals surface area contributed by atoms with Gasteiger partial charge in [-0.1, -0.05) is 75.7 Å².